The van der Waals surface area contributed by atoms with Gasteiger partial charge in [-0.2, -0.15) is 5.10 Å². The SMILES string of the molecule is CN(CC(O)(Cn1cncn1)c1ccc(F)cc1F)C(=O)c1nc(-c2ccccc2)cs1. The monoisotopic (exact) mass is 455 g/mol. The van der Waals surface area contributed by atoms with Crippen LogP contribution < -0.4 is 0 Å². The van der Waals surface area contributed by atoms with Crippen LogP contribution in [0.25, 0.3) is 11.3 Å². The molecule has 1 N–H and O–H groups in total. The zero-order chi connectivity index (χ0) is 22.7. The summed E-state index contributed by atoms with van der Waals surface area (Å²) in [5.41, 5.74) is -0.510. The molecule has 7 nitrogen and oxygen atoms in total. The maximum atomic E-state index is 14.6. The van der Waals surface area contributed by atoms with E-state index >= 15 is 0 Å². The molecule has 0 saturated carbocycles. The normalized spacial score (nSPS) is 13.0. The molecule has 0 aliphatic carbocycles. The van der Waals surface area contributed by atoms with Crippen LogP contribution in [0.2, 0.25) is 0 Å². The zero-order valence-electron chi connectivity index (χ0n) is 17.0. The van der Waals surface area contributed by atoms with E-state index in [9.17, 15) is 18.7 Å². The van der Waals surface area contributed by atoms with Crippen LogP contribution >= 0.6 is 11.3 Å². The van der Waals surface area contributed by atoms with Crippen molar-refractivity contribution in [1.29, 1.82) is 0 Å². The first-order chi connectivity index (χ1) is 15.4. The Balaban J connectivity index is 1.60. The Morgan fingerprint density at radius 1 is 1.22 bits per heavy atom. The molecule has 1 atom stereocenters. The van der Waals surface area contributed by atoms with Crippen LogP contribution in [-0.4, -0.2) is 49.3 Å². The number of aliphatic hydroxyl groups is 1. The number of nitrogens with zero attached hydrogens (tertiary/aromatic N) is 5. The number of rotatable bonds is 7. The van der Waals surface area contributed by atoms with E-state index in [0.717, 1.165) is 17.7 Å². The fourth-order valence-electron chi connectivity index (χ4n) is 3.41. The summed E-state index contributed by atoms with van der Waals surface area (Å²) in [6.07, 6.45) is 2.64. The fraction of sp³-hybridized carbons (Fsp3) is 0.182. The van der Waals surface area contributed by atoms with E-state index in [1.54, 1.807) is 5.38 Å². The first kappa shape index (κ1) is 21.7. The van der Waals surface area contributed by atoms with Crippen molar-refractivity contribution in [2.75, 3.05) is 13.6 Å². The zero-order valence-corrected chi connectivity index (χ0v) is 17.8. The lowest BCUT2D eigenvalue weighted by atomic mass is 9.92. The maximum absolute atomic E-state index is 14.6. The number of likely N-dealkylation sites (N-methyl/N-ethyl adjacent to an activating group) is 1. The van der Waals surface area contributed by atoms with Gasteiger partial charge in [-0.3, -0.25) is 4.79 Å². The van der Waals surface area contributed by atoms with E-state index in [1.807, 2.05) is 30.3 Å². The maximum Gasteiger partial charge on any atom is 0.282 e. The highest BCUT2D eigenvalue weighted by Crippen LogP contribution is 2.29. The van der Waals surface area contributed by atoms with Crippen LogP contribution in [0.4, 0.5) is 8.78 Å². The molecule has 2 aromatic heterocycles. The number of amides is 1. The summed E-state index contributed by atoms with van der Waals surface area (Å²) in [6.45, 7) is -0.477. The van der Waals surface area contributed by atoms with Gasteiger partial charge < -0.3 is 10.0 Å². The molecule has 164 valence electrons. The minimum Gasteiger partial charge on any atom is -0.381 e. The smallest absolute Gasteiger partial charge is 0.282 e. The quantitative estimate of drug-likeness (QED) is 0.462. The molecule has 4 aromatic rings. The molecule has 0 radical (unpaired) electrons. The van der Waals surface area contributed by atoms with Gasteiger partial charge in [0.2, 0.25) is 0 Å². The molecule has 0 bridgehead atoms. The Labute approximate surface area is 186 Å². The van der Waals surface area contributed by atoms with Crippen molar-refractivity contribution in [2.24, 2.45) is 0 Å². The Bertz CT molecular complexity index is 1220. The van der Waals surface area contributed by atoms with Crippen molar-refractivity contribution >= 4 is 17.2 Å². The number of benzene rings is 2. The first-order valence-electron chi connectivity index (χ1n) is 9.62. The van der Waals surface area contributed by atoms with Gasteiger partial charge in [-0.05, 0) is 6.07 Å². The summed E-state index contributed by atoms with van der Waals surface area (Å²) in [5.74, 6) is -2.12. The standard InChI is InChI=1S/C22H19F2N5O2S/c1-28(21(30)20-27-19(10-32-20)15-5-3-2-4-6-15)11-22(31,12-29-14-25-13-26-29)17-8-7-16(23)9-18(17)24/h2-10,13-14,31H,11-12H2,1H3. The number of carbonyl (C=O) groups is 1. The van der Waals surface area contributed by atoms with Gasteiger partial charge in [0.05, 0.1) is 18.8 Å². The minimum atomic E-state index is -1.89. The third kappa shape index (κ3) is 4.56. The van der Waals surface area contributed by atoms with Gasteiger partial charge >= 0.3 is 0 Å². The van der Waals surface area contributed by atoms with E-state index in [-0.39, 0.29) is 23.7 Å². The van der Waals surface area contributed by atoms with Crippen molar-refractivity contribution in [3.8, 4) is 11.3 Å². The van der Waals surface area contributed by atoms with Crippen LogP contribution in [-0.2, 0) is 12.1 Å². The number of thiazole rings is 1. The molecule has 1 amide bonds. The molecule has 0 spiro atoms. The molecule has 10 heteroatoms. The van der Waals surface area contributed by atoms with Gasteiger partial charge in [0.15, 0.2) is 5.01 Å². The van der Waals surface area contributed by atoms with Crippen LogP contribution in [0.5, 0.6) is 0 Å². The fourth-order valence-corrected chi connectivity index (χ4v) is 4.23. The molecule has 0 fully saturated rings. The van der Waals surface area contributed by atoms with E-state index in [2.05, 4.69) is 15.1 Å². The molecule has 1 unspecified atom stereocenters. The van der Waals surface area contributed by atoms with Gasteiger partial charge in [-0.1, -0.05) is 36.4 Å². The average molecular weight is 455 g/mol. The van der Waals surface area contributed by atoms with Crippen molar-refractivity contribution in [1.82, 2.24) is 24.6 Å². The summed E-state index contributed by atoms with van der Waals surface area (Å²) >= 11 is 1.18. The molecule has 4 rings (SSSR count). The lowest BCUT2D eigenvalue weighted by Gasteiger charge is -2.32. The second kappa shape index (κ2) is 8.93. The molecule has 0 aliphatic heterocycles. The number of hydrogen-bond acceptors (Lipinski definition) is 6. The van der Waals surface area contributed by atoms with Crippen molar-refractivity contribution < 1.29 is 18.7 Å². The third-order valence-electron chi connectivity index (χ3n) is 4.92. The molecular formula is C22H19F2N5O2S. The Kier molecular flexibility index (Phi) is 6.06. The van der Waals surface area contributed by atoms with Crippen molar-refractivity contribution in [3.63, 3.8) is 0 Å². The molecule has 2 aromatic carbocycles. The summed E-state index contributed by atoms with van der Waals surface area (Å²) < 4.78 is 29.3. The van der Waals surface area contributed by atoms with E-state index in [0.29, 0.717) is 11.8 Å². The van der Waals surface area contributed by atoms with Gasteiger partial charge in [0.25, 0.3) is 5.91 Å². The van der Waals surface area contributed by atoms with Gasteiger partial charge in [-0.15, -0.1) is 11.3 Å². The summed E-state index contributed by atoms with van der Waals surface area (Å²) in [4.78, 5) is 22.5. The second-order valence-electron chi connectivity index (χ2n) is 7.31. The van der Waals surface area contributed by atoms with Gasteiger partial charge in [0.1, 0.15) is 29.9 Å². The lowest BCUT2D eigenvalue weighted by Crippen LogP contribution is -2.45. The van der Waals surface area contributed by atoms with Crippen LogP contribution in [0.3, 0.4) is 0 Å². The summed E-state index contributed by atoms with van der Waals surface area (Å²) in [6, 6.07) is 12.3. The largest absolute Gasteiger partial charge is 0.381 e. The van der Waals surface area contributed by atoms with Gasteiger partial charge in [-0.25, -0.2) is 23.4 Å². The molecule has 0 saturated heterocycles. The number of hydrogen-bond donors (Lipinski definition) is 1. The molecular weight excluding hydrogens is 436 g/mol. The number of aromatic nitrogens is 4. The van der Waals surface area contributed by atoms with Crippen LogP contribution in [0.15, 0.2) is 66.6 Å². The summed E-state index contributed by atoms with van der Waals surface area (Å²) in [5, 5.41) is 17.4. The minimum absolute atomic E-state index is 0.154. The molecule has 0 aliphatic rings. The van der Waals surface area contributed by atoms with Crippen molar-refractivity contribution in [3.05, 3.63) is 88.8 Å². The topological polar surface area (TPSA) is 84.1 Å². The Morgan fingerprint density at radius 3 is 2.69 bits per heavy atom. The highest BCUT2D eigenvalue weighted by molar-refractivity contribution is 7.12. The third-order valence-corrected chi connectivity index (χ3v) is 5.76. The highest BCUT2D eigenvalue weighted by atomic mass is 32.1. The lowest BCUT2D eigenvalue weighted by molar-refractivity contribution is -0.0129. The molecule has 2 heterocycles. The predicted octanol–water partition coefficient (Wildman–Crippen LogP) is 3.34. The summed E-state index contributed by atoms with van der Waals surface area (Å²) in [7, 11) is 1.49. The van der Waals surface area contributed by atoms with E-state index in [4.69, 9.17) is 0 Å². The highest BCUT2D eigenvalue weighted by Gasteiger charge is 2.36. The van der Waals surface area contributed by atoms with Gasteiger partial charge in [0, 0.05) is 29.6 Å². The second-order valence-corrected chi connectivity index (χ2v) is 8.17. The predicted molar refractivity (Wildman–Crippen MR) is 115 cm³/mol. The van der Waals surface area contributed by atoms with Crippen LogP contribution in [0, 0.1) is 11.6 Å². The number of halogens is 2. The van der Waals surface area contributed by atoms with E-state index in [1.165, 1.54) is 40.6 Å². The molecule has 32 heavy (non-hydrogen) atoms. The Morgan fingerprint density at radius 2 is 2.00 bits per heavy atom. The van der Waals surface area contributed by atoms with Crippen LogP contribution in [0.1, 0.15) is 15.4 Å². The number of carbonyl (C=O) groups excluding carboxylic acids is 1. The van der Waals surface area contributed by atoms with E-state index < -0.39 is 23.1 Å². The average Bonchev–Trinajstić information content (AvgIpc) is 3.45. The first-order valence-corrected chi connectivity index (χ1v) is 10.5. The van der Waals surface area contributed by atoms with Crippen molar-refractivity contribution in [2.45, 2.75) is 12.1 Å². The Hall–Kier alpha value is -3.50.